The van der Waals surface area contributed by atoms with E-state index in [1.54, 1.807) is 42.5 Å². The zero-order valence-corrected chi connectivity index (χ0v) is 27.9. The fourth-order valence-corrected chi connectivity index (χ4v) is 7.90. The Morgan fingerprint density at radius 1 is 0.696 bits per heavy atom. The summed E-state index contributed by atoms with van der Waals surface area (Å²) < 4.78 is 45.5. The van der Waals surface area contributed by atoms with E-state index in [0.29, 0.717) is 23.1 Å². The SMILES string of the molecule is C=CCCC1CCC(C2CC=C(c3ccc(-c4ccc(-c5ccc(CCCCCCCCC)c(F)c5F)cc4)c(F)c3)CC2)CC1. The van der Waals surface area contributed by atoms with Crippen molar-refractivity contribution in [1.82, 2.24) is 0 Å². The summed E-state index contributed by atoms with van der Waals surface area (Å²) in [5.74, 6) is 0.663. The van der Waals surface area contributed by atoms with E-state index in [0.717, 1.165) is 67.4 Å². The normalized spacial score (nSPS) is 20.0. The first kappa shape index (κ1) is 34.3. The molecule has 246 valence electrons. The number of allylic oxidation sites excluding steroid dienone is 3. The molecule has 0 aliphatic heterocycles. The predicted molar refractivity (Wildman–Crippen MR) is 189 cm³/mol. The molecule has 0 saturated heterocycles. The lowest BCUT2D eigenvalue weighted by Gasteiger charge is -2.35. The summed E-state index contributed by atoms with van der Waals surface area (Å²) in [5, 5.41) is 0. The summed E-state index contributed by atoms with van der Waals surface area (Å²) in [6, 6.07) is 16.1. The molecular weight excluding hydrogens is 573 g/mol. The average Bonchev–Trinajstić information content (AvgIpc) is 3.09. The van der Waals surface area contributed by atoms with Gasteiger partial charge >= 0.3 is 0 Å². The first-order chi connectivity index (χ1) is 22.5. The molecule has 2 aliphatic carbocycles. The summed E-state index contributed by atoms with van der Waals surface area (Å²) >= 11 is 0. The van der Waals surface area contributed by atoms with E-state index in [-0.39, 0.29) is 11.4 Å². The van der Waals surface area contributed by atoms with E-state index in [9.17, 15) is 4.39 Å². The van der Waals surface area contributed by atoms with Crippen LogP contribution in [0.15, 0.2) is 73.3 Å². The second kappa shape index (κ2) is 17.2. The van der Waals surface area contributed by atoms with Gasteiger partial charge in [-0.05, 0) is 109 Å². The lowest BCUT2D eigenvalue weighted by molar-refractivity contribution is 0.190. The highest BCUT2D eigenvalue weighted by Gasteiger charge is 2.28. The van der Waals surface area contributed by atoms with Crippen LogP contribution >= 0.6 is 0 Å². The summed E-state index contributed by atoms with van der Waals surface area (Å²) in [7, 11) is 0. The number of hydrogen-bond donors (Lipinski definition) is 0. The summed E-state index contributed by atoms with van der Waals surface area (Å²) in [6.07, 6.45) is 24.1. The van der Waals surface area contributed by atoms with Gasteiger partial charge in [0, 0.05) is 11.1 Å². The van der Waals surface area contributed by atoms with Gasteiger partial charge in [0.25, 0.3) is 0 Å². The number of benzene rings is 3. The minimum Gasteiger partial charge on any atom is -0.206 e. The van der Waals surface area contributed by atoms with Gasteiger partial charge in [0.2, 0.25) is 0 Å². The maximum atomic E-state index is 15.4. The molecule has 0 radical (unpaired) electrons. The molecule has 1 fully saturated rings. The van der Waals surface area contributed by atoms with E-state index in [1.807, 2.05) is 18.2 Å². The van der Waals surface area contributed by atoms with Gasteiger partial charge in [-0.1, -0.05) is 119 Å². The highest BCUT2D eigenvalue weighted by atomic mass is 19.2. The van der Waals surface area contributed by atoms with Gasteiger partial charge in [0.15, 0.2) is 11.6 Å². The van der Waals surface area contributed by atoms with Gasteiger partial charge in [0.1, 0.15) is 5.82 Å². The monoisotopic (exact) mass is 626 g/mol. The lowest BCUT2D eigenvalue weighted by Crippen LogP contribution is -2.23. The first-order valence-corrected chi connectivity index (χ1v) is 18.2. The highest BCUT2D eigenvalue weighted by molar-refractivity contribution is 5.74. The molecule has 0 aromatic heterocycles. The third-order valence-corrected chi connectivity index (χ3v) is 10.8. The molecule has 0 amide bonds. The van der Waals surface area contributed by atoms with Crippen LogP contribution in [0.1, 0.15) is 121 Å². The Labute approximate surface area is 276 Å². The smallest absolute Gasteiger partial charge is 0.166 e. The van der Waals surface area contributed by atoms with E-state index in [1.165, 1.54) is 69.8 Å². The van der Waals surface area contributed by atoms with E-state index >= 15 is 8.78 Å². The van der Waals surface area contributed by atoms with Crippen molar-refractivity contribution in [3.8, 4) is 22.3 Å². The Kier molecular flexibility index (Phi) is 12.8. The van der Waals surface area contributed by atoms with Crippen molar-refractivity contribution in [3.63, 3.8) is 0 Å². The van der Waals surface area contributed by atoms with Crippen LogP contribution in [0.25, 0.3) is 27.8 Å². The van der Waals surface area contributed by atoms with Crippen molar-refractivity contribution in [1.29, 1.82) is 0 Å². The Hall–Kier alpha value is -3.07. The molecule has 0 nitrogen and oxygen atoms in total. The standard InChI is InChI=1S/C43H53F3/c1-3-5-7-8-9-10-11-13-37-26-29-40(43(46)42(37)45)36-24-22-35(23-25-36)39-28-27-38(30-41(39)44)34-20-18-33(19-21-34)32-16-14-31(15-17-32)12-6-4-2/h4,20,22-33H,2-3,5-19,21H2,1H3. The molecule has 0 N–H and O–H groups in total. The maximum absolute atomic E-state index is 15.4. The first-order valence-electron chi connectivity index (χ1n) is 18.2. The number of hydrogen-bond acceptors (Lipinski definition) is 0. The Morgan fingerprint density at radius 3 is 2.00 bits per heavy atom. The molecule has 1 unspecified atom stereocenters. The molecule has 0 bridgehead atoms. The predicted octanol–water partition coefficient (Wildman–Crippen LogP) is 13.7. The molecule has 2 aliphatic rings. The fourth-order valence-electron chi connectivity index (χ4n) is 7.90. The second-order valence-corrected chi connectivity index (χ2v) is 14.0. The van der Waals surface area contributed by atoms with Crippen molar-refractivity contribution < 1.29 is 13.2 Å². The largest absolute Gasteiger partial charge is 0.206 e. The molecular formula is C43H53F3. The van der Waals surface area contributed by atoms with E-state index < -0.39 is 11.6 Å². The molecule has 0 spiro atoms. The van der Waals surface area contributed by atoms with Crippen LogP contribution in [0, 0.1) is 35.2 Å². The van der Waals surface area contributed by atoms with Gasteiger partial charge < -0.3 is 0 Å². The highest BCUT2D eigenvalue weighted by Crippen LogP contribution is 2.42. The Balaban J connectivity index is 1.16. The molecule has 46 heavy (non-hydrogen) atoms. The number of halogens is 3. The topological polar surface area (TPSA) is 0 Å². The lowest BCUT2D eigenvalue weighted by atomic mass is 9.70. The summed E-state index contributed by atoms with van der Waals surface area (Å²) in [6.45, 7) is 6.08. The van der Waals surface area contributed by atoms with E-state index in [4.69, 9.17) is 0 Å². The Bertz CT molecular complexity index is 1440. The minimum atomic E-state index is -0.803. The number of aryl methyl sites for hydroxylation is 1. The van der Waals surface area contributed by atoms with E-state index in [2.05, 4.69) is 19.6 Å². The number of unbranched alkanes of at least 4 members (excludes halogenated alkanes) is 6. The van der Waals surface area contributed by atoms with Gasteiger partial charge in [-0.15, -0.1) is 6.58 Å². The molecule has 3 aromatic carbocycles. The van der Waals surface area contributed by atoms with Crippen LogP contribution in [-0.4, -0.2) is 0 Å². The summed E-state index contributed by atoms with van der Waals surface area (Å²) in [4.78, 5) is 0. The molecule has 1 saturated carbocycles. The van der Waals surface area contributed by atoms with Gasteiger partial charge in [-0.2, -0.15) is 0 Å². The molecule has 3 aromatic rings. The van der Waals surface area contributed by atoms with Crippen molar-refractivity contribution in [2.24, 2.45) is 17.8 Å². The van der Waals surface area contributed by atoms with Crippen LogP contribution in [-0.2, 0) is 6.42 Å². The molecule has 5 rings (SSSR count). The Morgan fingerprint density at radius 2 is 1.35 bits per heavy atom. The van der Waals surface area contributed by atoms with Crippen molar-refractivity contribution in [3.05, 3.63) is 102 Å². The van der Waals surface area contributed by atoms with Gasteiger partial charge in [-0.3, -0.25) is 0 Å². The molecule has 0 heterocycles. The van der Waals surface area contributed by atoms with Crippen molar-refractivity contribution in [2.75, 3.05) is 0 Å². The third kappa shape index (κ3) is 8.84. The van der Waals surface area contributed by atoms with Crippen LogP contribution < -0.4 is 0 Å². The summed E-state index contributed by atoms with van der Waals surface area (Å²) in [5.41, 5.74) is 4.75. The zero-order chi connectivity index (χ0) is 32.3. The quantitative estimate of drug-likeness (QED) is 0.116. The zero-order valence-electron chi connectivity index (χ0n) is 27.9. The fraction of sp³-hybridized carbons (Fsp3) is 0.488. The van der Waals surface area contributed by atoms with Crippen LogP contribution in [0.3, 0.4) is 0 Å². The van der Waals surface area contributed by atoms with Crippen LogP contribution in [0.2, 0.25) is 0 Å². The second-order valence-electron chi connectivity index (χ2n) is 14.0. The molecule has 3 heteroatoms. The maximum Gasteiger partial charge on any atom is 0.166 e. The minimum absolute atomic E-state index is 0.242. The van der Waals surface area contributed by atoms with Gasteiger partial charge in [0.05, 0.1) is 0 Å². The van der Waals surface area contributed by atoms with Crippen molar-refractivity contribution in [2.45, 2.75) is 116 Å². The van der Waals surface area contributed by atoms with Gasteiger partial charge in [-0.25, -0.2) is 13.2 Å². The average molecular weight is 627 g/mol. The number of rotatable bonds is 15. The third-order valence-electron chi connectivity index (χ3n) is 10.8. The van der Waals surface area contributed by atoms with Crippen LogP contribution in [0.5, 0.6) is 0 Å². The van der Waals surface area contributed by atoms with Crippen molar-refractivity contribution >= 4 is 5.57 Å². The molecule has 1 atom stereocenters. The van der Waals surface area contributed by atoms with Crippen LogP contribution in [0.4, 0.5) is 13.2 Å².